The van der Waals surface area contributed by atoms with Gasteiger partial charge in [0.15, 0.2) is 0 Å². The Morgan fingerprint density at radius 2 is 1.43 bits per heavy atom. The smallest absolute Gasteiger partial charge is 0.0454 e. The molecular formula is C20H29N3. The van der Waals surface area contributed by atoms with Gasteiger partial charge in [0.05, 0.1) is 0 Å². The van der Waals surface area contributed by atoms with Crippen molar-refractivity contribution < 1.29 is 0 Å². The molecule has 0 atom stereocenters. The Balaban J connectivity index is 0.000000924. The second-order valence-electron chi connectivity index (χ2n) is 5.92. The lowest BCUT2D eigenvalue weighted by molar-refractivity contribution is 0.313. The minimum Gasteiger partial charge on any atom is -0.369 e. The Bertz CT molecular complexity index is 611. The molecule has 0 spiro atoms. The molecule has 124 valence electrons. The van der Waals surface area contributed by atoms with Crippen LogP contribution in [0.1, 0.15) is 25.2 Å². The predicted octanol–water partition coefficient (Wildman–Crippen LogP) is 4.14. The van der Waals surface area contributed by atoms with E-state index in [9.17, 15) is 0 Å². The highest BCUT2D eigenvalue weighted by Gasteiger charge is 2.14. The molecule has 0 unspecified atom stereocenters. The summed E-state index contributed by atoms with van der Waals surface area (Å²) in [6, 6.07) is 13.2. The minimum atomic E-state index is 1.07. The quantitative estimate of drug-likeness (QED) is 0.831. The first kappa shape index (κ1) is 17.5. The highest BCUT2D eigenvalue weighted by Crippen LogP contribution is 2.25. The van der Waals surface area contributed by atoms with E-state index in [4.69, 9.17) is 0 Å². The topological polar surface area (TPSA) is 19.4 Å². The van der Waals surface area contributed by atoms with Gasteiger partial charge in [-0.05, 0) is 44.7 Å². The summed E-state index contributed by atoms with van der Waals surface area (Å²) in [6.45, 7) is 12.6. The summed E-state index contributed by atoms with van der Waals surface area (Å²) in [5, 5.41) is 0. The molecule has 0 amide bonds. The number of aromatic nitrogens is 1. The van der Waals surface area contributed by atoms with Crippen LogP contribution in [0, 0.1) is 13.8 Å². The largest absolute Gasteiger partial charge is 0.369 e. The number of rotatable bonds is 2. The number of piperazine rings is 1. The van der Waals surface area contributed by atoms with Crippen LogP contribution in [0.3, 0.4) is 0 Å². The Labute approximate surface area is 141 Å². The van der Waals surface area contributed by atoms with Crippen LogP contribution in [0.2, 0.25) is 0 Å². The third-order valence-corrected chi connectivity index (χ3v) is 4.27. The molecule has 1 aromatic carbocycles. The fraction of sp³-hybridized carbons (Fsp3) is 0.450. The van der Waals surface area contributed by atoms with Gasteiger partial charge in [0.2, 0.25) is 0 Å². The third-order valence-electron chi connectivity index (χ3n) is 4.27. The fourth-order valence-electron chi connectivity index (χ4n) is 2.91. The van der Waals surface area contributed by atoms with Crippen molar-refractivity contribution in [2.24, 2.45) is 0 Å². The SMILES string of the molecule is CC.Cc1ccc(-c2ccc(N3CCN(C)CC3)cc2)c(C)n1. The average Bonchev–Trinajstić information content (AvgIpc) is 2.58. The van der Waals surface area contributed by atoms with Crippen molar-refractivity contribution in [3.8, 4) is 11.1 Å². The van der Waals surface area contributed by atoms with Crippen LogP contribution in [-0.2, 0) is 0 Å². The van der Waals surface area contributed by atoms with Gasteiger partial charge in [-0.2, -0.15) is 0 Å². The summed E-state index contributed by atoms with van der Waals surface area (Å²) in [4.78, 5) is 9.40. The first-order valence-electron chi connectivity index (χ1n) is 8.61. The Kier molecular flexibility index (Phi) is 6.17. The number of nitrogens with zero attached hydrogens (tertiary/aromatic N) is 3. The molecule has 0 aliphatic carbocycles. The van der Waals surface area contributed by atoms with Crippen molar-refractivity contribution >= 4 is 5.69 Å². The molecule has 23 heavy (non-hydrogen) atoms. The Morgan fingerprint density at radius 3 is 2.00 bits per heavy atom. The number of benzene rings is 1. The van der Waals surface area contributed by atoms with E-state index >= 15 is 0 Å². The van der Waals surface area contributed by atoms with Crippen molar-refractivity contribution in [3.05, 3.63) is 47.8 Å². The van der Waals surface area contributed by atoms with Crippen molar-refractivity contribution in [3.63, 3.8) is 0 Å². The minimum absolute atomic E-state index is 1.07. The zero-order valence-electron chi connectivity index (χ0n) is 15.1. The number of hydrogen-bond donors (Lipinski definition) is 0. The molecule has 1 aromatic heterocycles. The summed E-state index contributed by atoms with van der Waals surface area (Å²) in [7, 11) is 2.19. The van der Waals surface area contributed by atoms with E-state index in [2.05, 4.69) is 65.2 Å². The van der Waals surface area contributed by atoms with Crippen molar-refractivity contribution in [2.75, 3.05) is 38.1 Å². The third kappa shape index (κ3) is 4.32. The second-order valence-corrected chi connectivity index (χ2v) is 5.92. The van der Waals surface area contributed by atoms with Gasteiger partial charge in [0.25, 0.3) is 0 Å². The van der Waals surface area contributed by atoms with Crippen LogP contribution in [-0.4, -0.2) is 43.1 Å². The van der Waals surface area contributed by atoms with Crippen molar-refractivity contribution in [1.29, 1.82) is 0 Å². The van der Waals surface area contributed by atoms with E-state index in [1.165, 1.54) is 16.8 Å². The van der Waals surface area contributed by atoms with Crippen LogP contribution in [0.25, 0.3) is 11.1 Å². The maximum Gasteiger partial charge on any atom is 0.0454 e. The molecule has 3 heteroatoms. The van der Waals surface area contributed by atoms with Crippen LogP contribution in [0.4, 0.5) is 5.69 Å². The summed E-state index contributed by atoms with van der Waals surface area (Å²) in [6.07, 6.45) is 0. The van der Waals surface area contributed by atoms with Crippen molar-refractivity contribution in [2.45, 2.75) is 27.7 Å². The summed E-state index contributed by atoms with van der Waals surface area (Å²) < 4.78 is 0. The van der Waals surface area contributed by atoms with E-state index in [0.717, 1.165) is 37.6 Å². The molecule has 1 saturated heterocycles. The summed E-state index contributed by atoms with van der Waals surface area (Å²) in [5.74, 6) is 0. The van der Waals surface area contributed by atoms with Gasteiger partial charge in [0.1, 0.15) is 0 Å². The molecular weight excluding hydrogens is 282 g/mol. The number of aryl methyl sites for hydroxylation is 2. The molecule has 0 radical (unpaired) electrons. The van der Waals surface area contributed by atoms with Crippen LogP contribution >= 0.6 is 0 Å². The van der Waals surface area contributed by atoms with E-state index in [0.29, 0.717) is 0 Å². The predicted molar refractivity (Wildman–Crippen MR) is 100 cm³/mol. The zero-order valence-corrected chi connectivity index (χ0v) is 15.1. The molecule has 2 aromatic rings. The zero-order chi connectivity index (χ0) is 16.8. The van der Waals surface area contributed by atoms with Gasteiger partial charge in [-0.15, -0.1) is 0 Å². The molecule has 1 aliphatic rings. The molecule has 0 N–H and O–H groups in total. The molecule has 1 aliphatic heterocycles. The van der Waals surface area contributed by atoms with Gasteiger partial charge in [-0.25, -0.2) is 0 Å². The van der Waals surface area contributed by atoms with Crippen LogP contribution in [0.15, 0.2) is 36.4 Å². The highest BCUT2D eigenvalue weighted by atomic mass is 15.2. The molecule has 3 nitrogen and oxygen atoms in total. The molecule has 0 saturated carbocycles. The fourth-order valence-corrected chi connectivity index (χ4v) is 2.91. The first-order chi connectivity index (χ1) is 11.1. The van der Waals surface area contributed by atoms with Gasteiger partial charge >= 0.3 is 0 Å². The lowest BCUT2D eigenvalue weighted by atomic mass is 10.0. The van der Waals surface area contributed by atoms with Gasteiger partial charge in [-0.1, -0.05) is 32.0 Å². The van der Waals surface area contributed by atoms with Crippen molar-refractivity contribution in [1.82, 2.24) is 9.88 Å². The first-order valence-corrected chi connectivity index (χ1v) is 8.61. The van der Waals surface area contributed by atoms with E-state index in [-0.39, 0.29) is 0 Å². The highest BCUT2D eigenvalue weighted by molar-refractivity contribution is 5.68. The molecule has 3 rings (SSSR count). The van der Waals surface area contributed by atoms with E-state index in [1.54, 1.807) is 0 Å². The average molecular weight is 311 g/mol. The van der Waals surface area contributed by atoms with Gasteiger partial charge < -0.3 is 9.80 Å². The van der Waals surface area contributed by atoms with Gasteiger partial charge in [0, 0.05) is 48.8 Å². The normalized spacial score (nSPS) is 15.1. The maximum absolute atomic E-state index is 4.55. The molecule has 0 bridgehead atoms. The van der Waals surface area contributed by atoms with Crippen LogP contribution in [0.5, 0.6) is 0 Å². The monoisotopic (exact) mass is 311 g/mol. The lowest BCUT2D eigenvalue weighted by Gasteiger charge is -2.34. The van der Waals surface area contributed by atoms with E-state index < -0.39 is 0 Å². The Hall–Kier alpha value is -1.87. The standard InChI is InChI=1S/C18H23N3.C2H6/c1-14-4-9-18(15(2)19-14)16-5-7-17(8-6-16)21-12-10-20(3)11-13-21;1-2/h4-9H,10-13H2,1-3H3;1-2H3. The summed E-state index contributed by atoms with van der Waals surface area (Å²) >= 11 is 0. The van der Waals surface area contributed by atoms with Crippen LogP contribution < -0.4 is 4.90 Å². The number of likely N-dealkylation sites (N-methyl/N-ethyl adjacent to an activating group) is 1. The Morgan fingerprint density at radius 1 is 0.826 bits per heavy atom. The second kappa shape index (κ2) is 8.11. The van der Waals surface area contributed by atoms with Gasteiger partial charge in [-0.3, -0.25) is 4.98 Å². The molecule has 2 heterocycles. The number of anilines is 1. The van der Waals surface area contributed by atoms with E-state index in [1.807, 2.05) is 20.8 Å². The molecule has 1 fully saturated rings. The summed E-state index contributed by atoms with van der Waals surface area (Å²) in [5.41, 5.74) is 5.97. The lowest BCUT2D eigenvalue weighted by Crippen LogP contribution is -2.44. The number of hydrogen-bond acceptors (Lipinski definition) is 3. The maximum atomic E-state index is 4.55. The number of pyridine rings is 1.